The second-order valence-electron chi connectivity index (χ2n) is 6.83. The third-order valence-electron chi connectivity index (χ3n) is 4.78. The fourth-order valence-corrected chi connectivity index (χ4v) is 3.42. The molecule has 1 unspecified atom stereocenters. The molecule has 2 aliphatic rings. The van der Waals surface area contributed by atoms with Crippen molar-refractivity contribution in [3.63, 3.8) is 0 Å². The molecule has 0 aromatic carbocycles. The highest BCUT2D eigenvalue weighted by Gasteiger charge is 2.29. The summed E-state index contributed by atoms with van der Waals surface area (Å²) < 4.78 is 5.92. The molecule has 3 rings (SSSR count). The molecule has 1 saturated heterocycles. The molecule has 0 spiro atoms. The standard InChI is InChI=1S/C17H26N4O2/c1-20(2)15-10-18-11-16(19-15)23-14-7-8-21(12-14)17(22)9-13-5-3-4-6-13/h10-11,13-14H,3-9,12H2,1-2H3. The van der Waals surface area contributed by atoms with Gasteiger partial charge in [-0.15, -0.1) is 0 Å². The first kappa shape index (κ1) is 16.0. The van der Waals surface area contributed by atoms with Gasteiger partial charge in [-0.3, -0.25) is 9.78 Å². The lowest BCUT2D eigenvalue weighted by atomic mass is 10.0. The van der Waals surface area contributed by atoms with Gasteiger partial charge in [0.05, 0.1) is 18.9 Å². The number of amides is 1. The number of carbonyl (C=O) groups excluding carboxylic acids is 1. The van der Waals surface area contributed by atoms with E-state index in [1.165, 1.54) is 25.7 Å². The minimum absolute atomic E-state index is 0.0224. The summed E-state index contributed by atoms with van der Waals surface area (Å²) in [6, 6.07) is 0. The van der Waals surface area contributed by atoms with Gasteiger partial charge in [-0.25, -0.2) is 0 Å². The molecule has 1 aromatic rings. The molecule has 1 aliphatic heterocycles. The first-order valence-electron chi connectivity index (χ1n) is 8.55. The molecule has 126 valence electrons. The molecule has 1 saturated carbocycles. The zero-order valence-corrected chi connectivity index (χ0v) is 14.1. The van der Waals surface area contributed by atoms with Crippen LogP contribution in [0.1, 0.15) is 38.5 Å². The van der Waals surface area contributed by atoms with Crippen LogP contribution in [0.15, 0.2) is 12.4 Å². The topological polar surface area (TPSA) is 58.6 Å². The van der Waals surface area contributed by atoms with Gasteiger partial charge in [0.2, 0.25) is 11.8 Å². The molecule has 0 N–H and O–H groups in total. The number of likely N-dealkylation sites (tertiary alicyclic amines) is 1. The third-order valence-corrected chi connectivity index (χ3v) is 4.78. The van der Waals surface area contributed by atoms with E-state index in [9.17, 15) is 4.79 Å². The van der Waals surface area contributed by atoms with Gasteiger partial charge in [-0.1, -0.05) is 12.8 Å². The average Bonchev–Trinajstić information content (AvgIpc) is 3.19. The average molecular weight is 318 g/mol. The summed E-state index contributed by atoms with van der Waals surface area (Å²) in [5, 5.41) is 0. The molecule has 23 heavy (non-hydrogen) atoms. The van der Waals surface area contributed by atoms with Crippen LogP contribution in [0, 0.1) is 5.92 Å². The normalized spacial score (nSPS) is 21.7. The second kappa shape index (κ2) is 7.15. The fraction of sp³-hybridized carbons (Fsp3) is 0.706. The number of carbonyl (C=O) groups is 1. The summed E-state index contributed by atoms with van der Waals surface area (Å²) >= 11 is 0. The van der Waals surface area contributed by atoms with E-state index in [0.29, 0.717) is 24.8 Å². The van der Waals surface area contributed by atoms with Crippen molar-refractivity contribution in [2.24, 2.45) is 5.92 Å². The molecular weight excluding hydrogens is 292 g/mol. The Morgan fingerprint density at radius 3 is 2.83 bits per heavy atom. The van der Waals surface area contributed by atoms with Gasteiger partial charge in [0.15, 0.2) is 5.82 Å². The van der Waals surface area contributed by atoms with Gasteiger partial charge in [0.1, 0.15) is 6.10 Å². The number of aromatic nitrogens is 2. The molecule has 1 atom stereocenters. The molecule has 1 aliphatic carbocycles. The maximum absolute atomic E-state index is 12.4. The van der Waals surface area contributed by atoms with Crippen LogP contribution in [0.3, 0.4) is 0 Å². The van der Waals surface area contributed by atoms with Gasteiger partial charge in [0, 0.05) is 33.5 Å². The molecule has 0 bridgehead atoms. The summed E-state index contributed by atoms with van der Waals surface area (Å²) in [4.78, 5) is 24.8. The Kier molecular flexibility index (Phi) is 4.98. The molecule has 1 amide bonds. The van der Waals surface area contributed by atoms with Crippen molar-refractivity contribution >= 4 is 11.7 Å². The minimum Gasteiger partial charge on any atom is -0.471 e. The van der Waals surface area contributed by atoms with Crippen LogP contribution in [0.2, 0.25) is 0 Å². The van der Waals surface area contributed by atoms with Crippen LogP contribution >= 0.6 is 0 Å². The van der Waals surface area contributed by atoms with Gasteiger partial charge < -0.3 is 14.5 Å². The van der Waals surface area contributed by atoms with Crippen molar-refractivity contribution in [3.8, 4) is 5.88 Å². The molecule has 2 fully saturated rings. The lowest BCUT2D eigenvalue weighted by Gasteiger charge is -2.19. The van der Waals surface area contributed by atoms with Crippen LogP contribution < -0.4 is 9.64 Å². The highest BCUT2D eigenvalue weighted by atomic mass is 16.5. The van der Waals surface area contributed by atoms with E-state index in [0.717, 1.165) is 18.8 Å². The highest BCUT2D eigenvalue weighted by Crippen LogP contribution is 2.29. The Labute approximate surface area is 137 Å². The predicted molar refractivity (Wildman–Crippen MR) is 88.5 cm³/mol. The van der Waals surface area contributed by atoms with Crippen LogP contribution in [-0.4, -0.2) is 54.1 Å². The van der Waals surface area contributed by atoms with E-state index in [2.05, 4.69) is 9.97 Å². The predicted octanol–water partition coefficient (Wildman–Crippen LogP) is 2.10. The van der Waals surface area contributed by atoms with Gasteiger partial charge in [0.25, 0.3) is 0 Å². The van der Waals surface area contributed by atoms with Crippen LogP contribution in [0.5, 0.6) is 5.88 Å². The Bertz CT molecular complexity index is 543. The quantitative estimate of drug-likeness (QED) is 0.832. The molecular formula is C17H26N4O2. The Hall–Kier alpha value is -1.85. The van der Waals surface area contributed by atoms with E-state index in [1.807, 2.05) is 23.9 Å². The molecule has 0 radical (unpaired) electrons. The highest BCUT2D eigenvalue weighted by molar-refractivity contribution is 5.76. The van der Waals surface area contributed by atoms with E-state index in [-0.39, 0.29) is 12.0 Å². The van der Waals surface area contributed by atoms with Gasteiger partial charge in [-0.2, -0.15) is 4.98 Å². The minimum atomic E-state index is 0.0224. The number of ether oxygens (including phenoxy) is 1. The molecule has 6 heteroatoms. The van der Waals surface area contributed by atoms with Crippen molar-refractivity contribution < 1.29 is 9.53 Å². The van der Waals surface area contributed by atoms with Crippen molar-refractivity contribution in [2.45, 2.75) is 44.6 Å². The van der Waals surface area contributed by atoms with Crippen LogP contribution in [-0.2, 0) is 4.79 Å². The van der Waals surface area contributed by atoms with E-state index in [4.69, 9.17) is 4.74 Å². The largest absolute Gasteiger partial charge is 0.471 e. The number of hydrogen-bond donors (Lipinski definition) is 0. The molecule has 2 heterocycles. The summed E-state index contributed by atoms with van der Waals surface area (Å²) in [6.07, 6.45) is 9.93. The second-order valence-corrected chi connectivity index (χ2v) is 6.83. The summed E-state index contributed by atoms with van der Waals surface area (Å²) in [5.74, 6) is 2.20. The lowest BCUT2D eigenvalue weighted by Crippen LogP contribution is -2.32. The number of nitrogens with zero attached hydrogens (tertiary/aromatic N) is 4. The Morgan fingerprint density at radius 1 is 1.30 bits per heavy atom. The molecule has 1 aromatic heterocycles. The monoisotopic (exact) mass is 318 g/mol. The molecule has 6 nitrogen and oxygen atoms in total. The Balaban J connectivity index is 1.51. The zero-order valence-electron chi connectivity index (χ0n) is 14.1. The SMILES string of the molecule is CN(C)c1cncc(OC2CCN(C(=O)CC3CCCC3)C2)n1. The van der Waals surface area contributed by atoms with Crippen molar-refractivity contribution in [3.05, 3.63) is 12.4 Å². The first-order valence-corrected chi connectivity index (χ1v) is 8.55. The smallest absolute Gasteiger partial charge is 0.234 e. The van der Waals surface area contributed by atoms with E-state index >= 15 is 0 Å². The number of rotatable bonds is 5. The number of hydrogen-bond acceptors (Lipinski definition) is 5. The zero-order chi connectivity index (χ0) is 16.2. The number of anilines is 1. The van der Waals surface area contributed by atoms with Gasteiger partial charge >= 0.3 is 0 Å². The summed E-state index contributed by atoms with van der Waals surface area (Å²) in [7, 11) is 3.85. The van der Waals surface area contributed by atoms with E-state index in [1.54, 1.807) is 12.4 Å². The summed E-state index contributed by atoms with van der Waals surface area (Å²) in [5.41, 5.74) is 0. The lowest BCUT2D eigenvalue weighted by molar-refractivity contribution is -0.131. The first-order chi connectivity index (χ1) is 11.1. The van der Waals surface area contributed by atoms with E-state index < -0.39 is 0 Å². The van der Waals surface area contributed by atoms with Crippen LogP contribution in [0.4, 0.5) is 5.82 Å². The van der Waals surface area contributed by atoms with Crippen molar-refractivity contribution in [1.29, 1.82) is 0 Å². The van der Waals surface area contributed by atoms with Crippen molar-refractivity contribution in [2.75, 3.05) is 32.1 Å². The fourth-order valence-electron chi connectivity index (χ4n) is 3.42. The van der Waals surface area contributed by atoms with Gasteiger partial charge in [-0.05, 0) is 18.8 Å². The van der Waals surface area contributed by atoms with Crippen LogP contribution in [0.25, 0.3) is 0 Å². The maximum Gasteiger partial charge on any atom is 0.234 e. The summed E-state index contributed by atoms with van der Waals surface area (Å²) in [6.45, 7) is 1.45. The maximum atomic E-state index is 12.4. The third kappa shape index (κ3) is 4.12. The van der Waals surface area contributed by atoms with Crippen molar-refractivity contribution in [1.82, 2.24) is 14.9 Å². The Morgan fingerprint density at radius 2 is 2.09 bits per heavy atom.